The van der Waals surface area contributed by atoms with Crippen molar-refractivity contribution in [3.05, 3.63) is 62.8 Å². The van der Waals surface area contributed by atoms with E-state index in [0.29, 0.717) is 17.2 Å². The summed E-state index contributed by atoms with van der Waals surface area (Å²) in [5, 5.41) is 10.3. The first-order chi connectivity index (χ1) is 12.4. The van der Waals surface area contributed by atoms with Gasteiger partial charge in [0.1, 0.15) is 17.1 Å². The van der Waals surface area contributed by atoms with Crippen LogP contribution in [0.25, 0.3) is 0 Å². The van der Waals surface area contributed by atoms with Crippen LogP contribution in [0.3, 0.4) is 0 Å². The van der Waals surface area contributed by atoms with Gasteiger partial charge in [-0.1, -0.05) is 6.08 Å². The monoisotopic (exact) mass is 359 g/mol. The number of H-pyrrole nitrogens is 1. The number of aromatic nitrogens is 2. The number of rotatable bonds is 7. The van der Waals surface area contributed by atoms with Gasteiger partial charge in [-0.15, -0.1) is 6.58 Å². The summed E-state index contributed by atoms with van der Waals surface area (Å²) in [4.78, 5) is 30.4. The van der Waals surface area contributed by atoms with Gasteiger partial charge in [-0.25, -0.2) is 4.79 Å². The third-order valence-electron chi connectivity index (χ3n) is 3.76. The highest BCUT2D eigenvalue weighted by Gasteiger charge is 2.16. The largest absolute Gasteiger partial charge is 0.497 e. The van der Waals surface area contributed by atoms with E-state index < -0.39 is 17.1 Å². The van der Waals surface area contributed by atoms with Crippen LogP contribution >= 0.6 is 0 Å². The van der Waals surface area contributed by atoms with Crippen LogP contribution in [0, 0.1) is 0 Å². The molecule has 0 spiro atoms. The molecule has 0 bridgehead atoms. The second-order valence-corrected chi connectivity index (χ2v) is 5.48. The minimum atomic E-state index is -0.707. The highest BCUT2D eigenvalue weighted by Crippen LogP contribution is 2.23. The van der Waals surface area contributed by atoms with Crippen LogP contribution in [0.5, 0.6) is 17.4 Å². The van der Waals surface area contributed by atoms with E-state index >= 15 is 0 Å². The Morgan fingerprint density at radius 3 is 2.42 bits per heavy atom. The molecule has 2 N–H and O–H groups in total. The molecule has 8 nitrogen and oxygen atoms in total. The Balaban J connectivity index is 2.42. The Bertz CT molecular complexity index is 934. The molecular weight excluding hydrogens is 338 g/mol. The molecule has 0 aliphatic carbocycles. The number of nitrogens with one attached hydrogen (secondary N) is 1. The number of aromatic amines is 1. The Morgan fingerprint density at radius 2 is 1.88 bits per heavy atom. The maximum Gasteiger partial charge on any atom is 0.331 e. The normalized spacial score (nSPS) is 11.3. The molecule has 0 saturated heterocycles. The lowest BCUT2D eigenvalue weighted by Gasteiger charge is -2.10. The number of hydrogen-bond donors (Lipinski definition) is 2. The van der Waals surface area contributed by atoms with Gasteiger partial charge in [0.2, 0.25) is 5.88 Å². The first-order valence-corrected chi connectivity index (χ1v) is 7.81. The van der Waals surface area contributed by atoms with Crippen molar-refractivity contribution in [2.75, 3.05) is 14.2 Å². The Kier molecular flexibility index (Phi) is 6.00. The summed E-state index contributed by atoms with van der Waals surface area (Å²) in [6, 6.07) is 5.33. The SMILES string of the molecule is C=CCn1c(O)c(C(C)=NCc2cc(OC)cc(OC)c2)c(=O)[nH]c1=O. The number of methoxy groups -OCH3 is 2. The fraction of sp³-hybridized carbons (Fsp3) is 0.278. The highest BCUT2D eigenvalue weighted by molar-refractivity contribution is 6.00. The predicted octanol–water partition coefficient (Wildman–Crippen LogP) is 1.45. The fourth-order valence-corrected chi connectivity index (χ4v) is 2.43. The zero-order valence-electron chi connectivity index (χ0n) is 14.9. The minimum absolute atomic E-state index is 0.0543. The number of hydrogen-bond acceptors (Lipinski definition) is 6. The zero-order chi connectivity index (χ0) is 19.3. The molecule has 0 fully saturated rings. The van der Waals surface area contributed by atoms with E-state index in [1.165, 1.54) is 6.08 Å². The van der Waals surface area contributed by atoms with E-state index in [9.17, 15) is 14.7 Å². The number of nitrogens with zero attached hydrogens (tertiary/aromatic N) is 2. The van der Waals surface area contributed by atoms with Gasteiger partial charge in [-0.2, -0.15) is 0 Å². The number of allylic oxidation sites excluding steroid dienone is 1. The summed E-state index contributed by atoms with van der Waals surface area (Å²) >= 11 is 0. The first-order valence-electron chi connectivity index (χ1n) is 7.81. The lowest BCUT2D eigenvalue weighted by atomic mass is 10.1. The molecule has 2 rings (SSSR count). The smallest absolute Gasteiger partial charge is 0.331 e. The summed E-state index contributed by atoms with van der Waals surface area (Å²) in [5.74, 6) is 0.794. The molecule has 0 unspecified atom stereocenters. The molecule has 1 aromatic heterocycles. The lowest BCUT2D eigenvalue weighted by Crippen LogP contribution is -2.33. The Labute approximate surface area is 150 Å². The second-order valence-electron chi connectivity index (χ2n) is 5.48. The summed E-state index contributed by atoms with van der Waals surface area (Å²) in [6.07, 6.45) is 1.44. The third kappa shape index (κ3) is 4.02. The standard InChI is InChI=1S/C18H21N3O5/c1-5-6-21-17(23)15(16(22)20-18(21)24)11(2)19-10-12-7-13(25-3)9-14(8-12)26-4/h5,7-9,23H,1,6,10H2,2-4H3,(H,20,22,24). The van der Waals surface area contributed by atoms with Gasteiger partial charge in [0.15, 0.2) is 0 Å². The van der Waals surface area contributed by atoms with Crippen LogP contribution in [-0.4, -0.2) is 34.6 Å². The van der Waals surface area contributed by atoms with Gasteiger partial charge >= 0.3 is 5.69 Å². The van der Waals surface area contributed by atoms with Crippen molar-refractivity contribution in [3.63, 3.8) is 0 Å². The molecule has 0 aliphatic rings. The molecule has 0 atom stereocenters. The van der Waals surface area contributed by atoms with E-state index in [1.807, 2.05) is 0 Å². The molecule has 0 aliphatic heterocycles. The lowest BCUT2D eigenvalue weighted by molar-refractivity contribution is 0.393. The number of ether oxygens (including phenoxy) is 2. The average molecular weight is 359 g/mol. The maximum absolute atomic E-state index is 12.1. The molecule has 1 aromatic carbocycles. The van der Waals surface area contributed by atoms with Gasteiger partial charge < -0.3 is 14.6 Å². The van der Waals surface area contributed by atoms with Gasteiger partial charge in [0, 0.05) is 12.6 Å². The van der Waals surface area contributed by atoms with E-state index in [4.69, 9.17) is 9.47 Å². The fourth-order valence-electron chi connectivity index (χ4n) is 2.43. The number of aliphatic imine (C=N–C) groups is 1. The maximum atomic E-state index is 12.1. The molecule has 1 heterocycles. The molecule has 2 aromatic rings. The van der Waals surface area contributed by atoms with E-state index in [0.717, 1.165) is 10.1 Å². The van der Waals surface area contributed by atoms with Crippen molar-refractivity contribution in [1.82, 2.24) is 9.55 Å². The van der Waals surface area contributed by atoms with Crippen LogP contribution in [0.2, 0.25) is 0 Å². The first kappa shape index (κ1) is 19.0. The van der Waals surface area contributed by atoms with Crippen molar-refractivity contribution in [3.8, 4) is 17.4 Å². The molecule has 26 heavy (non-hydrogen) atoms. The van der Waals surface area contributed by atoms with E-state index in [1.54, 1.807) is 39.3 Å². The third-order valence-corrected chi connectivity index (χ3v) is 3.76. The Morgan fingerprint density at radius 1 is 1.27 bits per heavy atom. The topological polar surface area (TPSA) is 106 Å². The van der Waals surface area contributed by atoms with Gasteiger partial charge in [-0.05, 0) is 24.6 Å². The molecule has 0 saturated carbocycles. The molecule has 138 valence electrons. The van der Waals surface area contributed by atoms with Crippen molar-refractivity contribution in [2.24, 2.45) is 4.99 Å². The quantitative estimate of drug-likeness (QED) is 0.575. The van der Waals surface area contributed by atoms with E-state index in [-0.39, 0.29) is 18.7 Å². The van der Waals surface area contributed by atoms with Crippen LogP contribution < -0.4 is 20.7 Å². The van der Waals surface area contributed by atoms with E-state index in [2.05, 4.69) is 16.6 Å². The summed E-state index contributed by atoms with van der Waals surface area (Å²) in [6.45, 7) is 5.41. The molecule has 0 radical (unpaired) electrons. The molecular formula is C18H21N3O5. The van der Waals surface area contributed by atoms with Gasteiger partial charge in [-0.3, -0.25) is 19.3 Å². The van der Waals surface area contributed by atoms with Crippen molar-refractivity contribution in [1.29, 1.82) is 0 Å². The summed E-state index contributed by atoms with van der Waals surface area (Å²) < 4.78 is 11.4. The van der Waals surface area contributed by atoms with Crippen LogP contribution in [0.1, 0.15) is 18.1 Å². The van der Waals surface area contributed by atoms with Gasteiger partial charge in [0.05, 0.1) is 26.5 Å². The average Bonchev–Trinajstić information content (AvgIpc) is 2.62. The molecule has 0 amide bonds. The van der Waals surface area contributed by atoms with Crippen LogP contribution in [0.15, 0.2) is 45.4 Å². The van der Waals surface area contributed by atoms with Crippen LogP contribution in [0.4, 0.5) is 0 Å². The number of aromatic hydroxyl groups is 1. The minimum Gasteiger partial charge on any atom is -0.497 e. The van der Waals surface area contributed by atoms with Crippen molar-refractivity contribution in [2.45, 2.75) is 20.0 Å². The summed E-state index contributed by atoms with van der Waals surface area (Å²) in [7, 11) is 3.10. The zero-order valence-corrected chi connectivity index (χ0v) is 14.9. The highest BCUT2D eigenvalue weighted by atomic mass is 16.5. The number of benzene rings is 1. The van der Waals surface area contributed by atoms with Crippen molar-refractivity contribution >= 4 is 5.71 Å². The Hall–Kier alpha value is -3.29. The second kappa shape index (κ2) is 8.19. The summed E-state index contributed by atoms with van der Waals surface area (Å²) in [5.41, 5.74) is -0.362. The van der Waals surface area contributed by atoms with Crippen molar-refractivity contribution < 1.29 is 14.6 Å². The van der Waals surface area contributed by atoms with Gasteiger partial charge in [0.25, 0.3) is 5.56 Å². The predicted molar refractivity (Wildman–Crippen MR) is 98.6 cm³/mol. The van der Waals surface area contributed by atoms with Crippen LogP contribution in [-0.2, 0) is 13.1 Å². The molecule has 8 heteroatoms.